The number of carbonyl (C=O) groups excluding carboxylic acids is 1. The molecule has 1 aliphatic heterocycles. The van der Waals surface area contributed by atoms with Crippen molar-refractivity contribution < 1.29 is 9.90 Å². The van der Waals surface area contributed by atoms with Crippen LogP contribution in [0.15, 0.2) is 101 Å². The zero-order valence-electron chi connectivity index (χ0n) is 29.3. The maximum absolute atomic E-state index is 13.5. The number of hydrogen-bond donors (Lipinski definition) is 3. The molecule has 10 nitrogen and oxygen atoms in total. The average Bonchev–Trinajstić information content (AvgIpc) is 3.90. The van der Waals surface area contributed by atoms with Crippen molar-refractivity contribution in [1.82, 2.24) is 34.6 Å². The normalized spacial score (nSPS) is 13.5. The number of likely N-dealkylation sites (tertiary alicyclic amines) is 1. The van der Waals surface area contributed by atoms with Gasteiger partial charge in [0.1, 0.15) is 11.6 Å². The van der Waals surface area contributed by atoms with Gasteiger partial charge in [0.2, 0.25) is 0 Å². The number of thioether (sulfide) groups is 1. The van der Waals surface area contributed by atoms with Gasteiger partial charge in [-0.2, -0.15) is 16.9 Å². The van der Waals surface area contributed by atoms with Crippen LogP contribution in [0, 0.1) is 0 Å². The van der Waals surface area contributed by atoms with Crippen LogP contribution in [0.25, 0.3) is 22.7 Å². The fourth-order valence-corrected chi connectivity index (χ4v) is 8.44. The topological polar surface area (TPSA) is 113 Å². The Morgan fingerprint density at radius 1 is 0.981 bits per heavy atom. The van der Waals surface area contributed by atoms with Crippen LogP contribution in [0.2, 0.25) is 5.02 Å². The standard InChI is InChI=1S/C39H41ClN8O2S2/c1-39(2,25-51-3)34-21-36(48(45-34)29-11-8-9-26(19-29)23-46-17-6-7-18-46)42-38(50)41-22-27-10-4-5-12-33(27)52-30-14-16-35-43-44-37(47(35)24-30)31-20-28(40)13-15-32(31)49/h4-5,8-16,19-21,24,49H,6-7,17-18,22-23,25H2,1-3H3,(H2,41,42,50). The number of urea groups is 1. The number of anilines is 1. The van der Waals surface area contributed by atoms with E-state index in [1.165, 1.54) is 18.4 Å². The van der Waals surface area contributed by atoms with Crippen molar-refractivity contribution in [1.29, 1.82) is 0 Å². The smallest absolute Gasteiger partial charge is 0.320 e. The second-order valence-corrected chi connectivity index (χ2v) is 16.0. The fourth-order valence-electron chi connectivity index (χ4n) is 6.43. The molecular formula is C39H41ClN8O2S2. The lowest BCUT2D eigenvalue weighted by Gasteiger charge is -2.20. The van der Waals surface area contributed by atoms with Crippen molar-refractivity contribution in [3.8, 4) is 22.8 Å². The number of halogens is 1. The summed E-state index contributed by atoms with van der Waals surface area (Å²) in [6, 6.07) is 26.8. The van der Waals surface area contributed by atoms with Gasteiger partial charge in [0, 0.05) is 51.3 Å². The van der Waals surface area contributed by atoms with E-state index in [-0.39, 0.29) is 17.2 Å². The molecule has 7 rings (SSSR count). The molecule has 0 bridgehead atoms. The van der Waals surface area contributed by atoms with Crippen LogP contribution < -0.4 is 10.6 Å². The molecule has 6 aromatic rings. The molecule has 0 saturated carbocycles. The number of aromatic nitrogens is 5. The molecular weight excluding hydrogens is 712 g/mol. The summed E-state index contributed by atoms with van der Waals surface area (Å²) in [5.74, 6) is 2.07. The third kappa shape index (κ3) is 8.10. The molecule has 1 saturated heterocycles. The summed E-state index contributed by atoms with van der Waals surface area (Å²) < 4.78 is 3.69. The highest BCUT2D eigenvalue weighted by atomic mass is 35.5. The summed E-state index contributed by atoms with van der Waals surface area (Å²) in [6.45, 7) is 7.83. The van der Waals surface area contributed by atoms with Crippen LogP contribution in [-0.4, -0.2) is 65.5 Å². The molecule has 0 radical (unpaired) electrons. The Balaban J connectivity index is 1.09. The molecule has 4 heterocycles. The zero-order valence-corrected chi connectivity index (χ0v) is 31.7. The van der Waals surface area contributed by atoms with Gasteiger partial charge in [0.15, 0.2) is 11.5 Å². The largest absolute Gasteiger partial charge is 0.507 e. The Hall–Kier alpha value is -4.49. The van der Waals surface area contributed by atoms with Gasteiger partial charge < -0.3 is 10.4 Å². The van der Waals surface area contributed by atoms with Gasteiger partial charge in [-0.15, -0.1) is 10.2 Å². The molecule has 0 unspecified atom stereocenters. The molecule has 0 atom stereocenters. The quantitative estimate of drug-likeness (QED) is 0.114. The van der Waals surface area contributed by atoms with Crippen molar-refractivity contribution in [2.24, 2.45) is 0 Å². The third-order valence-electron chi connectivity index (χ3n) is 9.12. The van der Waals surface area contributed by atoms with Gasteiger partial charge in [-0.25, -0.2) is 9.48 Å². The van der Waals surface area contributed by atoms with E-state index < -0.39 is 0 Å². The van der Waals surface area contributed by atoms with Crippen LogP contribution >= 0.6 is 35.1 Å². The first kappa shape index (κ1) is 35.9. The van der Waals surface area contributed by atoms with Gasteiger partial charge in [-0.05, 0) is 91.8 Å². The van der Waals surface area contributed by atoms with Crippen molar-refractivity contribution in [2.45, 2.75) is 55.0 Å². The van der Waals surface area contributed by atoms with Crippen LogP contribution in [0.3, 0.4) is 0 Å². The van der Waals surface area contributed by atoms with E-state index in [9.17, 15) is 9.90 Å². The van der Waals surface area contributed by atoms with Crippen molar-refractivity contribution in [3.63, 3.8) is 0 Å². The maximum Gasteiger partial charge on any atom is 0.320 e. The lowest BCUT2D eigenvalue weighted by atomic mass is 9.92. The molecule has 3 aromatic carbocycles. The molecule has 3 N–H and O–H groups in total. The Morgan fingerprint density at radius 2 is 1.81 bits per heavy atom. The minimum Gasteiger partial charge on any atom is -0.507 e. The van der Waals surface area contributed by atoms with E-state index in [1.807, 2.05) is 63.8 Å². The second-order valence-electron chi connectivity index (χ2n) is 13.6. The van der Waals surface area contributed by atoms with Crippen molar-refractivity contribution in [3.05, 3.63) is 113 Å². The van der Waals surface area contributed by atoms with E-state index in [4.69, 9.17) is 16.7 Å². The number of amides is 2. The maximum atomic E-state index is 13.5. The summed E-state index contributed by atoms with van der Waals surface area (Å²) in [5.41, 5.74) is 4.97. The van der Waals surface area contributed by atoms with E-state index in [0.29, 0.717) is 34.4 Å². The van der Waals surface area contributed by atoms with E-state index >= 15 is 0 Å². The summed E-state index contributed by atoms with van der Waals surface area (Å²) >= 11 is 9.57. The SMILES string of the molecule is CSCC(C)(C)c1cc(NC(=O)NCc2ccccc2Sc2ccc3nnc(-c4cc(Cl)ccc4O)n3c2)n(-c2cccc(CN3CCCC3)c2)n1. The first-order valence-corrected chi connectivity index (χ1v) is 19.8. The predicted molar refractivity (Wildman–Crippen MR) is 211 cm³/mol. The second kappa shape index (κ2) is 15.6. The van der Waals surface area contributed by atoms with Crippen molar-refractivity contribution in [2.75, 3.05) is 30.4 Å². The first-order valence-electron chi connectivity index (χ1n) is 17.2. The third-order valence-corrected chi connectivity index (χ3v) is 11.5. The van der Waals surface area contributed by atoms with Gasteiger partial charge in [-0.1, -0.05) is 67.5 Å². The van der Waals surface area contributed by atoms with E-state index in [1.54, 1.807) is 41.7 Å². The van der Waals surface area contributed by atoms with Crippen LogP contribution in [0.4, 0.5) is 10.6 Å². The fraction of sp³-hybridized carbons (Fsp3) is 0.282. The number of fused-ring (bicyclic) bond motifs is 1. The van der Waals surface area contributed by atoms with Crippen LogP contribution in [-0.2, 0) is 18.5 Å². The highest BCUT2D eigenvalue weighted by Gasteiger charge is 2.26. The number of aromatic hydroxyl groups is 1. The van der Waals surface area contributed by atoms with Crippen molar-refractivity contribution >= 4 is 52.6 Å². The number of phenolic OH excluding ortho intramolecular Hbond substituents is 1. The summed E-state index contributed by atoms with van der Waals surface area (Å²) in [7, 11) is 0. The van der Waals surface area contributed by atoms with E-state index in [2.05, 4.69) is 64.0 Å². The number of phenols is 1. The highest BCUT2D eigenvalue weighted by Crippen LogP contribution is 2.35. The number of benzene rings is 3. The minimum absolute atomic E-state index is 0.0699. The molecule has 52 heavy (non-hydrogen) atoms. The number of nitrogens with zero attached hydrogens (tertiary/aromatic N) is 6. The highest BCUT2D eigenvalue weighted by molar-refractivity contribution is 7.99. The Kier molecular flexibility index (Phi) is 10.8. The van der Waals surface area contributed by atoms with Gasteiger partial charge in [0.05, 0.1) is 16.9 Å². The number of nitrogens with one attached hydrogen (secondary N) is 2. The van der Waals surface area contributed by atoms with Crippen LogP contribution in [0.1, 0.15) is 43.5 Å². The number of carbonyl (C=O) groups is 1. The van der Waals surface area contributed by atoms with Gasteiger partial charge in [0.25, 0.3) is 0 Å². The minimum atomic E-state index is -0.319. The molecule has 0 aliphatic carbocycles. The monoisotopic (exact) mass is 752 g/mol. The number of hydrogen-bond acceptors (Lipinski definition) is 8. The molecule has 2 amide bonds. The lowest BCUT2D eigenvalue weighted by molar-refractivity contribution is 0.251. The lowest BCUT2D eigenvalue weighted by Crippen LogP contribution is -2.29. The predicted octanol–water partition coefficient (Wildman–Crippen LogP) is 8.65. The average molecular weight is 753 g/mol. The summed E-state index contributed by atoms with van der Waals surface area (Å²) in [6.07, 6.45) is 6.52. The Bertz CT molecular complexity index is 2210. The van der Waals surface area contributed by atoms with Crippen LogP contribution in [0.5, 0.6) is 5.75 Å². The molecule has 1 fully saturated rings. The van der Waals surface area contributed by atoms with Gasteiger partial charge >= 0.3 is 6.03 Å². The molecule has 0 spiro atoms. The summed E-state index contributed by atoms with van der Waals surface area (Å²) in [5, 5.41) is 30.8. The van der Waals surface area contributed by atoms with E-state index in [0.717, 1.165) is 52.1 Å². The van der Waals surface area contributed by atoms with Gasteiger partial charge in [-0.3, -0.25) is 14.6 Å². The molecule has 268 valence electrons. The Labute approximate surface area is 317 Å². The number of pyridine rings is 1. The molecule has 13 heteroatoms. The Morgan fingerprint density at radius 3 is 2.63 bits per heavy atom. The molecule has 3 aromatic heterocycles. The zero-order chi connectivity index (χ0) is 36.2. The number of rotatable bonds is 12. The summed E-state index contributed by atoms with van der Waals surface area (Å²) in [4.78, 5) is 17.9. The first-order chi connectivity index (χ1) is 25.2. The molecule has 1 aliphatic rings.